The molecule has 0 aromatic carbocycles. The maximum atomic E-state index is 12.7. The Bertz CT molecular complexity index is 4900. The minimum absolute atomic E-state index is 0.151. The molecule has 2 heterocycles. The maximum absolute atomic E-state index is 12.7. The molecule has 125 heavy (non-hydrogen) atoms. The van der Waals surface area contributed by atoms with E-state index in [1.165, 1.54) is 0 Å². The predicted octanol–water partition coefficient (Wildman–Crippen LogP) is 15.8. The summed E-state index contributed by atoms with van der Waals surface area (Å²) in [6.07, 6.45) is 67.9. The van der Waals surface area contributed by atoms with Crippen LogP contribution in [0.15, 0.2) is 155 Å². The quantitative estimate of drug-likeness (QED) is 0.0311. The van der Waals surface area contributed by atoms with Crippen LogP contribution in [0.25, 0.3) is 29.1 Å². The van der Waals surface area contributed by atoms with Crippen LogP contribution < -0.4 is 16.0 Å². The van der Waals surface area contributed by atoms with E-state index in [2.05, 4.69) is 82.7 Å². The number of carbonyl (C=O) groups is 9. The molecule has 3 fully saturated rings. The summed E-state index contributed by atoms with van der Waals surface area (Å²) in [6.45, 7) is 59.7. The van der Waals surface area contributed by atoms with Gasteiger partial charge in [0.1, 0.15) is 39.1 Å². The van der Waals surface area contributed by atoms with Crippen LogP contribution >= 0.6 is 0 Å². The van der Waals surface area contributed by atoms with Gasteiger partial charge < -0.3 is 28.6 Å². The lowest BCUT2D eigenvalue weighted by Crippen LogP contribution is -2.67. The molecule has 2 saturated heterocycles. The molecule has 15 aliphatic rings. The number of rotatable bonds is 12. The number of ether oxygens (including phenoxy) is 4. The van der Waals surface area contributed by atoms with Gasteiger partial charge in [-0.2, -0.15) is 24.4 Å². The molecule has 654 valence electrons. The highest BCUT2D eigenvalue weighted by atomic mass is 16.5. The number of amides is 5. The van der Waals surface area contributed by atoms with Crippen molar-refractivity contribution in [1.82, 2.24) is 16.0 Å². The van der Waals surface area contributed by atoms with Crippen LogP contribution in [0.4, 0.5) is 0 Å². The van der Waals surface area contributed by atoms with Gasteiger partial charge in [0, 0.05) is 42.9 Å². The Labute approximate surface area is 732 Å². The lowest BCUT2D eigenvalue weighted by atomic mass is 9.34. The molecule has 2 bridgehead atoms. The Kier molecular flexibility index (Phi) is 34.0. The van der Waals surface area contributed by atoms with Crippen LogP contribution in [0.3, 0.4) is 0 Å². The largest absolute Gasteiger partial charge is 0.510 e. The Morgan fingerprint density at radius 3 is 1.34 bits per heavy atom. The molecule has 0 aromatic heterocycles. The summed E-state index contributed by atoms with van der Waals surface area (Å²) in [5, 5.41) is 17.2. The van der Waals surface area contributed by atoms with Crippen LogP contribution in [0.5, 0.6) is 0 Å². The molecule has 27 heteroatoms. The first-order valence-corrected chi connectivity index (χ1v) is 42.7. The minimum atomic E-state index is -1.26. The van der Waals surface area contributed by atoms with E-state index >= 15 is 0 Å². The molecule has 27 nitrogen and oxygen atoms in total. The van der Waals surface area contributed by atoms with Crippen molar-refractivity contribution in [3.8, 4) is 18.9 Å². The SMILES string of the molecule is C#C.N#CC12CC=C[C@]13C(=O)NC(=O)C31CCCC=C21.O=C=O.O=C=O.[C-]#[N+]C1(C)CC=CCC2(C(=O)OCC)CCCC=C12.[C-]#[N+]C1(CC=C)CC=CCC2(C(=O)OCC)CCCC=C12.[C-]#[N+]C1([N+]#[C-])CC=CCC2(C(=O)OCC)CCCC=C12.[C-]#[N+][C@@]12CC=CC[C@]3(CCCC=C31)C(=O)NC2=O.[C-]#[N+][C@]1(NC=O)CC=CC[C@@]2(C(=O)OCC)CCCC=C21. The highest BCUT2D eigenvalue weighted by molar-refractivity contribution is 6.17. The number of allylic oxidation sites excluding steroid dienone is 12. The van der Waals surface area contributed by atoms with Crippen LogP contribution in [0.1, 0.15) is 227 Å². The van der Waals surface area contributed by atoms with Crippen LogP contribution in [0, 0.1) is 107 Å². The molecule has 2 spiro atoms. The molecule has 0 radical (unpaired) electrons. The second-order valence-corrected chi connectivity index (χ2v) is 33.1. The third-order valence-corrected chi connectivity index (χ3v) is 27.1. The van der Waals surface area contributed by atoms with E-state index in [1.807, 2.05) is 118 Å². The first kappa shape index (κ1) is 99.1. The van der Waals surface area contributed by atoms with Gasteiger partial charge in [-0.3, -0.25) is 68.8 Å². The number of terminal acetylenes is 1. The molecule has 3 N–H and O–H groups in total. The summed E-state index contributed by atoms with van der Waals surface area (Å²) in [4.78, 5) is 165. The number of nitrogens with zero attached hydrogens (tertiary/aromatic N) is 7. The van der Waals surface area contributed by atoms with Crippen molar-refractivity contribution in [3.05, 3.63) is 224 Å². The molecule has 5 amide bonds. The van der Waals surface area contributed by atoms with E-state index < -0.39 is 77.2 Å². The molecule has 0 aromatic rings. The Morgan fingerprint density at radius 1 is 0.464 bits per heavy atom. The second kappa shape index (κ2) is 42.9. The average molecular weight is 1700 g/mol. The van der Waals surface area contributed by atoms with Crippen molar-refractivity contribution in [2.45, 2.75) is 255 Å². The fourth-order valence-electron chi connectivity index (χ4n) is 21.6. The van der Waals surface area contributed by atoms with Crippen LogP contribution in [-0.4, -0.2) is 121 Å². The van der Waals surface area contributed by atoms with Crippen molar-refractivity contribution in [3.63, 3.8) is 0 Å². The number of imide groups is 2. The van der Waals surface area contributed by atoms with E-state index in [0.29, 0.717) is 140 Å². The first-order valence-electron chi connectivity index (χ1n) is 42.7. The van der Waals surface area contributed by atoms with Gasteiger partial charge in [-0.1, -0.05) is 115 Å². The molecule has 15 rings (SSSR count). The second-order valence-electron chi connectivity index (χ2n) is 33.1. The van der Waals surface area contributed by atoms with E-state index in [-0.39, 0.29) is 53.9 Å². The van der Waals surface area contributed by atoms with Gasteiger partial charge in [-0.25, -0.2) is 49.1 Å². The third kappa shape index (κ3) is 17.4. The monoisotopic (exact) mass is 1700 g/mol. The minimum Gasteiger partial charge on any atom is -0.465 e. The lowest BCUT2D eigenvalue weighted by molar-refractivity contribution is -0.193. The van der Waals surface area contributed by atoms with E-state index in [0.717, 1.165) is 119 Å². The van der Waals surface area contributed by atoms with Gasteiger partial charge in [0.2, 0.25) is 24.1 Å². The van der Waals surface area contributed by atoms with Gasteiger partial charge in [0.05, 0.1) is 67.2 Å². The van der Waals surface area contributed by atoms with E-state index in [1.54, 1.807) is 19.9 Å². The fraction of sp³-hybridized carbons (Fsp3) is 0.531. The zero-order chi connectivity index (χ0) is 92.1. The number of nitriles is 1. The summed E-state index contributed by atoms with van der Waals surface area (Å²) >= 11 is 0. The van der Waals surface area contributed by atoms with Crippen LogP contribution in [-0.2, 0) is 81.3 Å². The Balaban J connectivity index is 0.000000202. The summed E-state index contributed by atoms with van der Waals surface area (Å²) < 4.78 is 21.2. The normalized spacial score (nSPS) is 32.4. The van der Waals surface area contributed by atoms with Crippen molar-refractivity contribution >= 4 is 66.2 Å². The number of carbonyl (C=O) groups excluding carboxylic acids is 13. The summed E-state index contributed by atoms with van der Waals surface area (Å²) in [6, 6.07) is 2.34. The van der Waals surface area contributed by atoms with Gasteiger partial charge in [0.25, 0.3) is 11.1 Å². The highest BCUT2D eigenvalue weighted by Crippen LogP contribution is 2.80. The molecule has 1 saturated carbocycles. The molecule has 2 aliphatic heterocycles. The highest BCUT2D eigenvalue weighted by Gasteiger charge is 2.86. The molecule has 12 atom stereocenters. The zero-order valence-electron chi connectivity index (χ0n) is 72.0. The van der Waals surface area contributed by atoms with E-state index in [4.69, 9.17) is 77.6 Å². The Morgan fingerprint density at radius 2 is 0.872 bits per heavy atom. The number of hydrogen-bond donors (Lipinski definition) is 3. The third-order valence-electron chi connectivity index (χ3n) is 27.1. The van der Waals surface area contributed by atoms with Crippen molar-refractivity contribution < 1.29 is 81.3 Å². The zero-order valence-corrected chi connectivity index (χ0v) is 72.0. The maximum Gasteiger partial charge on any atom is 0.510 e. The average Bonchev–Trinajstić information content (AvgIpc) is 1.46. The number of hydrogen-bond acceptors (Lipinski definition) is 18. The van der Waals surface area contributed by atoms with Crippen LogP contribution in [0.2, 0.25) is 0 Å². The van der Waals surface area contributed by atoms with Gasteiger partial charge in [0.15, 0.2) is 0 Å². The number of nitrogens with one attached hydrogen (secondary N) is 3. The molecule has 7 unspecified atom stereocenters. The summed E-state index contributed by atoms with van der Waals surface area (Å²) in [7, 11) is 0. The first-order chi connectivity index (χ1) is 60.2. The number of fused-ring (bicyclic) bond motifs is 5. The van der Waals surface area contributed by atoms with Crippen molar-refractivity contribution in [1.29, 1.82) is 5.26 Å². The van der Waals surface area contributed by atoms with E-state index in [9.17, 15) is 48.4 Å². The molecule has 13 aliphatic carbocycles. The Hall–Kier alpha value is -13.0. The van der Waals surface area contributed by atoms with Gasteiger partial charge in [-0.05, 0) is 187 Å². The van der Waals surface area contributed by atoms with Crippen molar-refractivity contribution in [2.24, 2.45) is 43.3 Å². The molecular formula is C98H110N10O17. The standard InChI is InChI=1S/C18H23NO2.C16H20N2O3.C16H18N2O2.C16H21NO2.C14H12N2O2.C14H14N2O2.C2H2.2CO2/c1-4-11-18(19-3)14-9-8-13-17(16(20)21-5-2)12-7-6-10-15(17)18;1-3-21-14(20)15-9-5-4-8-13(15)16(17-2,18-12-19)11-7-6-10-15;1-4-20-14(19)15-10-6-5-9-13(15)16(17-2,18-3)12-8-7-11-15;1-4-19-14(18)16-11-6-5-9-13(16)15(2,17-3)10-7-8-12-16;15-8-12-5-3-7-14(12)11(18)16-10(17)13(14)6-2-1-4-9(12)13;1-15-14-9-5-4-8-13(11(17)16-12(14)18)7-3-2-6-10(13)14;1-2;2*2-1-3/h4,8-10H,1,5-7,11-14H2,2H3;6-8,12H,3-5,9-11H2,1H3,(H,18,19);7-9H,4-6,10-12H2,1H3;7-9H,4-6,10-12H2,1-2H3;3-4,7H,1-2,5-6H2,(H,16,17,18);4-6H,2-3,7-9H2,(H,16,17,18);1-2H;;/t;15-,16-;;;12?,13?,14-;13-,14-;;;/m.0..00.../s1. The van der Waals surface area contributed by atoms with Crippen molar-refractivity contribution in [2.75, 3.05) is 26.4 Å². The predicted molar refractivity (Wildman–Crippen MR) is 458 cm³/mol. The molecular weight excluding hydrogens is 1590 g/mol. The smallest absolute Gasteiger partial charge is 0.465 e. The van der Waals surface area contributed by atoms with Gasteiger partial charge in [-0.15, -0.1) is 19.4 Å². The number of esters is 4. The fourth-order valence-corrected chi connectivity index (χ4v) is 21.6. The number of piperidine rings is 1. The lowest BCUT2D eigenvalue weighted by Gasteiger charge is -2.62. The topological polar surface area (TPSA) is 345 Å². The summed E-state index contributed by atoms with van der Waals surface area (Å²) in [5.41, 5.74) is -5.84. The summed E-state index contributed by atoms with van der Waals surface area (Å²) in [5.74, 6) is -2.03. The van der Waals surface area contributed by atoms with Gasteiger partial charge >= 0.3 is 59.0 Å².